The minimum Gasteiger partial charge on any atom is -0.374 e. The summed E-state index contributed by atoms with van der Waals surface area (Å²) in [5, 5.41) is 9.77. The Morgan fingerprint density at radius 2 is 2.11 bits per heavy atom. The van der Waals surface area contributed by atoms with E-state index in [0.717, 1.165) is 0 Å². The lowest BCUT2D eigenvalue weighted by Crippen LogP contribution is -2.12. The van der Waals surface area contributed by atoms with E-state index in [2.05, 4.69) is 5.32 Å². The number of rotatable bonds is 2. The van der Waals surface area contributed by atoms with Gasteiger partial charge < -0.3 is 5.32 Å². The SMILES string of the molecule is CC=C/C=C\C(=N)NC. The molecule has 0 aliphatic heterocycles. The number of likely N-dealkylation sites (N-methyl/N-ethyl adjacent to an activating group) is 1. The maximum absolute atomic E-state index is 7.08. The van der Waals surface area contributed by atoms with Gasteiger partial charge in [-0.2, -0.15) is 0 Å². The lowest BCUT2D eigenvalue weighted by atomic mass is 10.4. The molecule has 0 saturated carbocycles. The predicted octanol–water partition coefficient (Wildman–Crippen LogP) is 1.32. The minimum atomic E-state index is 0.424. The van der Waals surface area contributed by atoms with Gasteiger partial charge in [0.1, 0.15) is 5.84 Å². The van der Waals surface area contributed by atoms with Crippen LogP contribution < -0.4 is 5.32 Å². The van der Waals surface area contributed by atoms with Gasteiger partial charge >= 0.3 is 0 Å². The molecule has 0 amide bonds. The van der Waals surface area contributed by atoms with E-state index in [9.17, 15) is 0 Å². The topological polar surface area (TPSA) is 35.9 Å². The van der Waals surface area contributed by atoms with Crippen LogP contribution in [-0.2, 0) is 0 Å². The van der Waals surface area contributed by atoms with Crippen molar-refractivity contribution < 1.29 is 0 Å². The Kier molecular flexibility index (Phi) is 4.50. The second kappa shape index (κ2) is 5.09. The Morgan fingerprint density at radius 3 is 2.56 bits per heavy atom. The monoisotopic (exact) mass is 124 g/mol. The summed E-state index contributed by atoms with van der Waals surface area (Å²) in [6, 6.07) is 0. The van der Waals surface area contributed by atoms with Crippen molar-refractivity contribution in [1.82, 2.24) is 5.32 Å². The number of hydrogen-bond donors (Lipinski definition) is 2. The van der Waals surface area contributed by atoms with Crippen molar-refractivity contribution >= 4 is 5.84 Å². The van der Waals surface area contributed by atoms with E-state index in [1.54, 1.807) is 13.1 Å². The second-order valence-corrected chi connectivity index (χ2v) is 1.55. The zero-order valence-electron chi connectivity index (χ0n) is 5.81. The first-order valence-electron chi connectivity index (χ1n) is 2.87. The van der Waals surface area contributed by atoms with Gasteiger partial charge in [-0.05, 0) is 13.0 Å². The Bertz CT molecular complexity index is 134. The fourth-order valence-electron chi connectivity index (χ4n) is 0.346. The maximum atomic E-state index is 7.08. The van der Waals surface area contributed by atoms with Crippen molar-refractivity contribution in [1.29, 1.82) is 5.41 Å². The van der Waals surface area contributed by atoms with E-state index in [-0.39, 0.29) is 0 Å². The molecule has 0 aliphatic rings. The van der Waals surface area contributed by atoms with E-state index in [1.165, 1.54) is 0 Å². The van der Waals surface area contributed by atoms with E-state index in [0.29, 0.717) is 5.84 Å². The van der Waals surface area contributed by atoms with Crippen molar-refractivity contribution in [3.63, 3.8) is 0 Å². The van der Waals surface area contributed by atoms with Crippen LogP contribution in [0.1, 0.15) is 6.92 Å². The molecule has 0 aromatic heterocycles. The fraction of sp³-hybridized carbons (Fsp3) is 0.286. The van der Waals surface area contributed by atoms with Crippen molar-refractivity contribution in [3.8, 4) is 0 Å². The highest BCUT2D eigenvalue weighted by molar-refractivity contribution is 5.90. The summed E-state index contributed by atoms with van der Waals surface area (Å²) in [4.78, 5) is 0. The van der Waals surface area contributed by atoms with Gasteiger partial charge in [0.15, 0.2) is 0 Å². The Balaban J connectivity index is 3.57. The molecule has 2 heteroatoms. The summed E-state index contributed by atoms with van der Waals surface area (Å²) in [6.45, 7) is 1.94. The summed E-state index contributed by atoms with van der Waals surface area (Å²) in [7, 11) is 1.72. The maximum Gasteiger partial charge on any atom is 0.117 e. The van der Waals surface area contributed by atoms with E-state index < -0.39 is 0 Å². The van der Waals surface area contributed by atoms with Gasteiger partial charge in [-0.1, -0.05) is 18.2 Å². The van der Waals surface area contributed by atoms with Crippen molar-refractivity contribution in [3.05, 3.63) is 24.3 Å². The quantitative estimate of drug-likeness (QED) is 0.325. The highest BCUT2D eigenvalue weighted by Gasteiger charge is 1.76. The molecule has 0 saturated heterocycles. The van der Waals surface area contributed by atoms with Crippen LogP contribution in [0.25, 0.3) is 0 Å². The smallest absolute Gasteiger partial charge is 0.117 e. The molecule has 2 N–H and O–H groups in total. The first-order chi connectivity index (χ1) is 4.31. The molecule has 0 bridgehead atoms. The molecule has 2 nitrogen and oxygen atoms in total. The Labute approximate surface area is 55.8 Å². The lowest BCUT2D eigenvalue weighted by molar-refractivity contribution is 1.16. The average Bonchev–Trinajstić information content (AvgIpc) is 1.89. The standard InChI is InChI=1S/C7H12N2/c1-3-4-5-6-7(8)9-2/h3-6H,1-2H3,(H2,8,9)/b4-3?,6-5-. The van der Waals surface area contributed by atoms with E-state index in [1.807, 2.05) is 25.2 Å². The van der Waals surface area contributed by atoms with Crippen LogP contribution in [0.4, 0.5) is 0 Å². The number of amidine groups is 1. The molecule has 50 valence electrons. The lowest BCUT2D eigenvalue weighted by Gasteiger charge is -1.89. The van der Waals surface area contributed by atoms with Crippen LogP contribution >= 0.6 is 0 Å². The van der Waals surface area contributed by atoms with Crippen LogP contribution in [0, 0.1) is 5.41 Å². The molecule has 0 aliphatic carbocycles. The second-order valence-electron chi connectivity index (χ2n) is 1.55. The Morgan fingerprint density at radius 1 is 1.44 bits per heavy atom. The summed E-state index contributed by atoms with van der Waals surface area (Å²) in [6.07, 6.45) is 7.31. The molecule has 0 spiro atoms. The molecule has 0 fully saturated rings. The number of allylic oxidation sites excluding steroid dienone is 3. The third-order valence-corrected chi connectivity index (χ3v) is 0.836. The van der Waals surface area contributed by atoms with Crippen LogP contribution in [0.5, 0.6) is 0 Å². The molecule has 0 unspecified atom stereocenters. The summed E-state index contributed by atoms with van der Waals surface area (Å²) in [5.74, 6) is 0.424. The first-order valence-corrected chi connectivity index (χ1v) is 2.87. The molecule has 0 rings (SSSR count). The molecule has 0 radical (unpaired) electrons. The largest absolute Gasteiger partial charge is 0.374 e. The minimum absolute atomic E-state index is 0.424. The molecule has 9 heavy (non-hydrogen) atoms. The number of nitrogens with one attached hydrogen (secondary N) is 2. The van der Waals surface area contributed by atoms with Gasteiger partial charge in [-0.15, -0.1) is 0 Å². The molecular weight excluding hydrogens is 112 g/mol. The van der Waals surface area contributed by atoms with E-state index >= 15 is 0 Å². The van der Waals surface area contributed by atoms with E-state index in [4.69, 9.17) is 5.41 Å². The highest BCUT2D eigenvalue weighted by Crippen LogP contribution is 1.75. The Hall–Kier alpha value is -1.05. The first kappa shape index (κ1) is 7.95. The third-order valence-electron chi connectivity index (χ3n) is 0.836. The predicted molar refractivity (Wildman–Crippen MR) is 40.7 cm³/mol. The van der Waals surface area contributed by atoms with Crippen molar-refractivity contribution in [2.45, 2.75) is 6.92 Å². The van der Waals surface area contributed by atoms with Crippen LogP contribution in [0.3, 0.4) is 0 Å². The van der Waals surface area contributed by atoms with Crippen molar-refractivity contribution in [2.75, 3.05) is 7.05 Å². The molecular formula is C7H12N2. The summed E-state index contributed by atoms with van der Waals surface area (Å²) in [5.41, 5.74) is 0. The normalized spacial score (nSPS) is 10.9. The summed E-state index contributed by atoms with van der Waals surface area (Å²) < 4.78 is 0. The van der Waals surface area contributed by atoms with Gasteiger partial charge in [0.25, 0.3) is 0 Å². The van der Waals surface area contributed by atoms with Crippen LogP contribution in [0.15, 0.2) is 24.3 Å². The van der Waals surface area contributed by atoms with Gasteiger partial charge in [0.2, 0.25) is 0 Å². The molecule has 0 aromatic rings. The fourth-order valence-corrected chi connectivity index (χ4v) is 0.346. The zero-order valence-corrected chi connectivity index (χ0v) is 5.81. The van der Waals surface area contributed by atoms with Gasteiger partial charge in [0.05, 0.1) is 0 Å². The van der Waals surface area contributed by atoms with Crippen LogP contribution in [-0.4, -0.2) is 12.9 Å². The zero-order chi connectivity index (χ0) is 7.11. The van der Waals surface area contributed by atoms with Gasteiger partial charge in [-0.25, -0.2) is 0 Å². The van der Waals surface area contributed by atoms with Gasteiger partial charge in [0, 0.05) is 7.05 Å². The van der Waals surface area contributed by atoms with Crippen LogP contribution in [0.2, 0.25) is 0 Å². The third kappa shape index (κ3) is 4.81. The highest BCUT2D eigenvalue weighted by atomic mass is 14.9. The summed E-state index contributed by atoms with van der Waals surface area (Å²) >= 11 is 0. The van der Waals surface area contributed by atoms with Crippen molar-refractivity contribution in [2.24, 2.45) is 0 Å². The number of hydrogen-bond acceptors (Lipinski definition) is 1. The molecule has 0 atom stereocenters. The average molecular weight is 124 g/mol. The van der Waals surface area contributed by atoms with Gasteiger partial charge in [-0.3, -0.25) is 5.41 Å². The molecule has 0 heterocycles. The molecule has 0 aromatic carbocycles.